The molecule has 0 bridgehead atoms. The number of nitrogens with one attached hydrogen (secondary N) is 1. The number of rotatable bonds is 6. The van der Waals surface area contributed by atoms with Crippen molar-refractivity contribution in [2.24, 2.45) is 0 Å². The fourth-order valence-corrected chi connectivity index (χ4v) is 2.48. The zero-order chi connectivity index (χ0) is 17.8. The highest BCUT2D eigenvalue weighted by atomic mass is 35.5. The molecule has 0 spiro atoms. The van der Waals surface area contributed by atoms with E-state index in [2.05, 4.69) is 10.4 Å². The Morgan fingerprint density at radius 1 is 1.28 bits per heavy atom. The highest BCUT2D eigenvalue weighted by Gasteiger charge is 2.18. The lowest BCUT2D eigenvalue weighted by atomic mass is 10.2. The molecule has 2 heterocycles. The first-order valence-corrected chi connectivity index (χ1v) is 8.25. The third-order valence-corrected chi connectivity index (χ3v) is 3.88. The summed E-state index contributed by atoms with van der Waals surface area (Å²) in [6.07, 6.45) is 1.58. The SMILES string of the molecule is CN(C)CCNC(=O)c1cc(-c2ccco2)nn1-c1ccc(Cl)cc1. The third kappa shape index (κ3) is 4.10. The van der Waals surface area contributed by atoms with Crippen molar-refractivity contribution in [3.63, 3.8) is 0 Å². The molecule has 0 unspecified atom stereocenters. The summed E-state index contributed by atoms with van der Waals surface area (Å²) >= 11 is 5.96. The second-order valence-electron chi connectivity index (χ2n) is 5.84. The first-order valence-electron chi connectivity index (χ1n) is 7.87. The molecular formula is C18H19ClN4O2. The van der Waals surface area contributed by atoms with Gasteiger partial charge in [0.1, 0.15) is 11.4 Å². The quantitative estimate of drug-likeness (QED) is 0.735. The van der Waals surface area contributed by atoms with E-state index in [0.29, 0.717) is 28.7 Å². The van der Waals surface area contributed by atoms with E-state index in [1.165, 1.54) is 0 Å². The van der Waals surface area contributed by atoms with E-state index in [0.717, 1.165) is 12.2 Å². The van der Waals surface area contributed by atoms with Crippen LogP contribution in [0.25, 0.3) is 17.1 Å². The number of furan rings is 1. The van der Waals surface area contributed by atoms with Gasteiger partial charge in [-0.1, -0.05) is 11.6 Å². The summed E-state index contributed by atoms with van der Waals surface area (Å²) in [4.78, 5) is 14.6. The number of hydrogen-bond donors (Lipinski definition) is 1. The zero-order valence-corrected chi connectivity index (χ0v) is 14.8. The number of carbonyl (C=O) groups is 1. The minimum atomic E-state index is -0.192. The average Bonchev–Trinajstić information content (AvgIpc) is 3.24. The predicted octanol–water partition coefficient (Wildman–Crippen LogP) is 3.08. The van der Waals surface area contributed by atoms with Gasteiger partial charge in [-0.25, -0.2) is 4.68 Å². The van der Waals surface area contributed by atoms with Gasteiger partial charge in [0.05, 0.1) is 12.0 Å². The molecule has 6 nitrogen and oxygen atoms in total. The Kier molecular flexibility index (Phi) is 5.21. The molecule has 0 saturated carbocycles. The van der Waals surface area contributed by atoms with Gasteiger partial charge < -0.3 is 14.6 Å². The van der Waals surface area contributed by atoms with Crippen LogP contribution in [0.15, 0.2) is 53.1 Å². The molecule has 0 radical (unpaired) electrons. The summed E-state index contributed by atoms with van der Waals surface area (Å²) in [6.45, 7) is 1.31. The second-order valence-corrected chi connectivity index (χ2v) is 6.28. The van der Waals surface area contributed by atoms with Crippen LogP contribution >= 0.6 is 11.6 Å². The molecule has 0 atom stereocenters. The maximum atomic E-state index is 12.6. The normalized spacial score (nSPS) is 11.0. The number of nitrogens with zero attached hydrogens (tertiary/aromatic N) is 3. The van der Waals surface area contributed by atoms with Gasteiger partial charge in [-0.3, -0.25) is 4.79 Å². The van der Waals surface area contributed by atoms with Crippen LogP contribution in [0.4, 0.5) is 0 Å². The van der Waals surface area contributed by atoms with Gasteiger partial charge in [0.25, 0.3) is 5.91 Å². The molecule has 1 N–H and O–H groups in total. The van der Waals surface area contributed by atoms with Crippen molar-refractivity contribution < 1.29 is 9.21 Å². The lowest BCUT2D eigenvalue weighted by molar-refractivity contribution is 0.0943. The average molecular weight is 359 g/mol. The molecule has 3 rings (SSSR count). The molecular weight excluding hydrogens is 340 g/mol. The van der Waals surface area contributed by atoms with E-state index in [9.17, 15) is 4.79 Å². The smallest absolute Gasteiger partial charge is 0.270 e. The molecule has 130 valence electrons. The van der Waals surface area contributed by atoms with Gasteiger partial charge in [-0.2, -0.15) is 5.10 Å². The Balaban J connectivity index is 1.94. The molecule has 0 aliphatic carbocycles. The summed E-state index contributed by atoms with van der Waals surface area (Å²) in [7, 11) is 3.91. The number of likely N-dealkylation sites (N-methyl/N-ethyl adjacent to an activating group) is 1. The predicted molar refractivity (Wildman–Crippen MR) is 97.2 cm³/mol. The highest BCUT2D eigenvalue weighted by molar-refractivity contribution is 6.30. The molecule has 2 aromatic heterocycles. The number of benzene rings is 1. The fraction of sp³-hybridized carbons (Fsp3) is 0.222. The number of halogens is 1. The summed E-state index contributed by atoms with van der Waals surface area (Å²) in [5.74, 6) is 0.414. The second kappa shape index (κ2) is 7.55. The van der Waals surface area contributed by atoms with Gasteiger partial charge in [0.2, 0.25) is 0 Å². The van der Waals surface area contributed by atoms with Crippen molar-refractivity contribution in [2.75, 3.05) is 27.2 Å². The van der Waals surface area contributed by atoms with Gasteiger partial charge >= 0.3 is 0 Å². The topological polar surface area (TPSA) is 63.3 Å². The maximum absolute atomic E-state index is 12.6. The standard InChI is InChI=1S/C18H19ClN4O2/c1-22(2)10-9-20-18(24)16-12-15(17-4-3-11-25-17)21-23(16)14-7-5-13(19)6-8-14/h3-8,11-12H,9-10H2,1-2H3,(H,20,24). The third-order valence-electron chi connectivity index (χ3n) is 3.63. The Hall–Kier alpha value is -2.57. The number of aromatic nitrogens is 2. The molecule has 1 amide bonds. The number of amides is 1. The van der Waals surface area contributed by atoms with Gasteiger partial charge in [0, 0.05) is 24.2 Å². The van der Waals surface area contributed by atoms with E-state index in [-0.39, 0.29) is 5.91 Å². The van der Waals surface area contributed by atoms with Crippen LogP contribution in [0.2, 0.25) is 5.02 Å². The molecule has 7 heteroatoms. The van der Waals surface area contributed by atoms with Crippen molar-refractivity contribution in [2.45, 2.75) is 0 Å². The molecule has 0 fully saturated rings. The van der Waals surface area contributed by atoms with Crippen LogP contribution in [0, 0.1) is 0 Å². The number of hydrogen-bond acceptors (Lipinski definition) is 4. The van der Waals surface area contributed by atoms with Crippen LogP contribution < -0.4 is 5.32 Å². The van der Waals surface area contributed by atoms with Crippen LogP contribution in [0.1, 0.15) is 10.5 Å². The Morgan fingerprint density at radius 2 is 2.04 bits per heavy atom. The summed E-state index contributed by atoms with van der Waals surface area (Å²) in [5.41, 5.74) is 1.78. The first kappa shape index (κ1) is 17.3. The van der Waals surface area contributed by atoms with Crippen LogP contribution in [0.3, 0.4) is 0 Å². The Labute approximate surface area is 151 Å². The zero-order valence-electron chi connectivity index (χ0n) is 14.1. The van der Waals surface area contributed by atoms with Gasteiger partial charge in [0.15, 0.2) is 5.76 Å². The maximum Gasteiger partial charge on any atom is 0.270 e. The monoisotopic (exact) mass is 358 g/mol. The van der Waals surface area contributed by atoms with Crippen molar-refractivity contribution >= 4 is 17.5 Å². The van der Waals surface area contributed by atoms with Crippen molar-refractivity contribution in [3.05, 3.63) is 59.4 Å². The molecule has 0 aliphatic rings. The lowest BCUT2D eigenvalue weighted by Gasteiger charge is -2.11. The van der Waals surface area contributed by atoms with Crippen molar-refractivity contribution in [1.29, 1.82) is 0 Å². The van der Waals surface area contributed by atoms with Crippen LogP contribution in [0.5, 0.6) is 0 Å². The molecule has 0 aliphatic heterocycles. The Morgan fingerprint density at radius 3 is 2.68 bits per heavy atom. The molecule has 1 aromatic carbocycles. The van der Waals surface area contributed by atoms with Gasteiger partial charge in [-0.05, 0) is 50.5 Å². The molecule has 3 aromatic rings. The molecule has 0 saturated heterocycles. The molecule has 25 heavy (non-hydrogen) atoms. The number of carbonyl (C=O) groups excluding carboxylic acids is 1. The van der Waals surface area contributed by atoms with Crippen molar-refractivity contribution in [3.8, 4) is 17.1 Å². The largest absolute Gasteiger partial charge is 0.463 e. The highest BCUT2D eigenvalue weighted by Crippen LogP contribution is 2.23. The van der Waals surface area contributed by atoms with Crippen molar-refractivity contribution in [1.82, 2.24) is 20.0 Å². The van der Waals surface area contributed by atoms with E-state index in [1.54, 1.807) is 35.2 Å². The van der Waals surface area contributed by atoms with E-state index in [4.69, 9.17) is 16.0 Å². The van der Waals surface area contributed by atoms with E-state index in [1.807, 2.05) is 37.2 Å². The first-order chi connectivity index (χ1) is 12.0. The summed E-state index contributed by atoms with van der Waals surface area (Å²) < 4.78 is 7.00. The van der Waals surface area contributed by atoms with Crippen LogP contribution in [-0.4, -0.2) is 47.8 Å². The summed E-state index contributed by atoms with van der Waals surface area (Å²) in [5, 5.41) is 8.06. The minimum absolute atomic E-state index is 0.192. The lowest BCUT2D eigenvalue weighted by Crippen LogP contribution is -2.32. The van der Waals surface area contributed by atoms with Crippen LogP contribution in [-0.2, 0) is 0 Å². The van der Waals surface area contributed by atoms with E-state index >= 15 is 0 Å². The summed E-state index contributed by atoms with van der Waals surface area (Å²) in [6, 6.07) is 12.5. The minimum Gasteiger partial charge on any atom is -0.463 e. The van der Waals surface area contributed by atoms with Gasteiger partial charge in [-0.15, -0.1) is 0 Å². The van der Waals surface area contributed by atoms with E-state index < -0.39 is 0 Å². The Bertz CT molecular complexity index is 839. The fourth-order valence-electron chi connectivity index (χ4n) is 2.35.